The van der Waals surface area contributed by atoms with E-state index in [1.165, 1.54) is 16.7 Å². The van der Waals surface area contributed by atoms with E-state index in [0.29, 0.717) is 11.9 Å². The summed E-state index contributed by atoms with van der Waals surface area (Å²) in [7, 11) is 0. The van der Waals surface area contributed by atoms with E-state index < -0.39 is 0 Å². The lowest BCUT2D eigenvalue weighted by Gasteiger charge is -2.33. The van der Waals surface area contributed by atoms with Crippen molar-refractivity contribution in [1.29, 1.82) is 0 Å². The van der Waals surface area contributed by atoms with E-state index >= 15 is 0 Å². The van der Waals surface area contributed by atoms with Crippen molar-refractivity contribution in [2.24, 2.45) is 0 Å². The molecule has 0 bridgehead atoms. The molecular formula is C20H30ClN3O. The fraction of sp³-hybridized carbons (Fsp3) is 0.650. The van der Waals surface area contributed by atoms with Crippen molar-refractivity contribution in [3.8, 4) is 0 Å². The van der Waals surface area contributed by atoms with Crippen molar-refractivity contribution >= 4 is 18.3 Å². The minimum absolute atomic E-state index is 0. The first-order valence-corrected chi connectivity index (χ1v) is 9.41. The molecule has 3 aliphatic rings. The van der Waals surface area contributed by atoms with Crippen molar-refractivity contribution in [3.05, 3.63) is 34.9 Å². The number of carbonyl (C=O) groups excluding carboxylic acids is 1. The van der Waals surface area contributed by atoms with Crippen molar-refractivity contribution in [3.63, 3.8) is 0 Å². The van der Waals surface area contributed by atoms with Gasteiger partial charge >= 0.3 is 0 Å². The van der Waals surface area contributed by atoms with Gasteiger partial charge in [0.1, 0.15) is 0 Å². The van der Waals surface area contributed by atoms with Gasteiger partial charge in [0, 0.05) is 45.3 Å². The minimum Gasteiger partial charge on any atom is -0.340 e. The Morgan fingerprint density at radius 1 is 1.08 bits per heavy atom. The van der Waals surface area contributed by atoms with E-state index in [9.17, 15) is 4.79 Å². The SMILES string of the molecule is Cc1cc(C)cc(C2(C(=O)N3CCC(N4CCNCC4)C3)CC2)c1.Cl. The standard InChI is InChI=1S/C20H29N3O.ClH/c1-15-11-16(2)13-17(12-15)20(4-5-20)19(24)23-8-3-18(14-23)22-9-6-21-7-10-22;/h11-13,18,21H,3-10,14H2,1-2H3;1H. The molecule has 1 atom stereocenters. The van der Waals surface area contributed by atoms with Gasteiger partial charge in [-0.1, -0.05) is 29.3 Å². The topological polar surface area (TPSA) is 35.6 Å². The summed E-state index contributed by atoms with van der Waals surface area (Å²) in [5.41, 5.74) is 3.57. The van der Waals surface area contributed by atoms with Gasteiger partial charge in [-0.2, -0.15) is 0 Å². The summed E-state index contributed by atoms with van der Waals surface area (Å²) in [6, 6.07) is 7.20. The summed E-state index contributed by atoms with van der Waals surface area (Å²) in [4.78, 5) is 18.0. The van der Waals surface area contributed by atoms with Crippen LogP contribution in [0.4, 0.5) is 0 Å². The first-order valence-electron chi connectivity index (χ1n) is 9.41. The molecule has 1 aliphatic carbocycles. The van der Waals surface area contributed by atoms with Crippen molar-refractivity contribution < 1.29 is 4.79 Å². The van der Waals surface area contributed by atoms with Crippen molar-refractivity contribution in [2.75, 3.05) is 39.3 Å². The summed E-state index contributed by atoms with van der Waals surface area (Å²) in [5.74, 6) is 0.380. The molecule has 2 heterocycles. The van der Waals surface area contributed by atoms with Gasteiger partial charge in [-0.25, -0.2) is 0 Å². The van der Waals surface area contributed by atoms with E-state index in [1.54, 1.807) is 0 Å². The molecule has 25 heavy (non-hydrogen) atoms. The Hall–Kier alpha value is -1.10. The highest BCUT2D eigenvalue weighted by Gasteiger charge is 2.54. The van der Waals surface area contributed by atoms with Gasteiger partial charge in [0.05, 0.1) is 5.41 Å². The molecule has 0 aromatic heterocycles. The molecule has 1 N–H and O–H groups in total. The van der Waals surface area contributed by atoms with Gasteiger partial charge in [0.25, 0.3) is 0 Å². The number of carbonyl (C=O) groups is 1. The van der Waals surface area contributed by atoms with E-state index in [4.69, 9.17) is 0 Å². The maximum Gasteiger partial charge on any atom is 0.233 e. The summed E-state index contributed by atoms with van der Waals surface area (Å²) in [6.07, 6.45) is 3.17. The highest BCUT2D eigenvalue weighted by atomic mass is 35.5. The van der Waals surface area contributed by atoms with Gasteiger partial charge in [-0.05, 0) is 38.7 Å². The van der Waals surface area contributed by atoms with Gasteiger partial charge in [-0.3, -0.25) is 9.69 Å². The average Bonchev–Trinajstić information content (AvgIpc) is 3.24. The first-order chi connectivity index (χ1) is 11.6. The maximum absolute atomic E-state index is 13.3. The third-order valence-corrected chi connectivity index (χ3v) is 6.05. The summed E-state index contributed by atoms with van der Waals surface area (Å²) >= 11 is 0. The van der Waals surface area contributed by atoms with Crippen LogP contribution in [0.2, 0.25) is 0 Å². The fourth-order valence-electron chi connectivity index (χ4n) is 4.58. The van der Waals surface area contributed by atoms with E-state index in [-0.39, 0.29) is 17.8 Å². The Bertz CT molecular complexity index is 618. The number of hydrogen-bond donors (Lipinski definition) is 1. The van der Waals surface area contributed by atoms with Crippen molar-refractivity contribution in [1.82, 2.24) is 15.1 Å². The molecule has 4 rings (SSSR count). The molecule has 5 heteroatoms. The Kier molecular flexibility index (Phi) is 5.42. The number of rotatable bonds is 3. The van der Waals surface area contributed by atoms with E-state index in [0.717, 1.165) is 58.5 Å². The largest absolute Gasteiger partial charge is 0.340 e. The van der Waals surface area contributed by atoms with Crippen LogP contribution in [0.1, 0.15) is 36.0 Å². The molecule has 4 nitrogen and oxygen atoms in total. The molecular weight excluding hydrogens is 334 g/mol. The molecule has 1 aromatic carbocycles. The highest BCUT2D eigenvalue weighted by Crippen LogP contribution is 2.50. The third-order valence-electron chi connectivity index (χ3n) is 6.05. The predicted molar refractivity (Wildman–Crippen MR) is 104 cm³/mol. The fourth-order valence-corrected chi connectivity index (χ4v) is 4.58. The average molecular weight is 364 g/mol. The lowest BCUT2D eigenvalue weighted by Crippen LogP contribution is -2.49. The number of nitrogens with zero attached hydrogens (tertiary/aromatic N) is 2. The van der Waals surface area contributed by atoms with Gasteiger partial charge < -0.3 is 10.2 Å². The number of halogens is 1. The zero-order chi connectivity index (χ0) is 16.7. The maximum atomic E-state index is 13.3. The smallest absolute Gasteiger partial charge is 0.233 e. The Morgan fingerprint density at radius 2 is 1.72 bits per heavy atom. The second-order valence-corrected chi connectivity index (χ2v) is 7.94. The van der Waals surface area contributed by atoms with Crippen LogP contribution in [-0.4, -0.2) is 61.0 Å². The number of amides is 1. The van der Waals surface area contributed by atoms with Crippen LogP contribution in [0, 0.1) is 13.8 Å². The van der Waals surface area contributed by atoms with Crippen molar-refractivity contribution in [2.45, 2.75) is 44.6 Å². The monoisotopic (exact) mass is 363 g/mol. The van der Waals surface area contributed by atoms with Crippen LogP contribution in [0.25, 0.3) is 0 Å². The number of hydrogen-bond acceptors (Lipinski definition) is 3. The molecule has 2 aliphatic heterocycles. The quantitative estimate of drug-likeness (QED) is 0.894. The number of benzene rings is 1. The second-order valence-electron chi connectivity index (χ2n) is 7.94. The molecule has 1 amide bonds. The van der Waals surface area contributed by atoms with Crippen LogP contribution in [0.15, 0.2) is 18.2 Å². The van der Waals surface area contributed by atoms with Crippen LogP contribution in [0.3, 0.4) is 0 Å². The zero-order valence-corrected chi connectivity index (χ0v) is 16.2. The van der Waals surface area contributed by atoms with E-state index in [1.807, 2.05) is 0 Å². The lowest BCUT2D eigenvalue weighted by molar-refractivity contribution is -0.133. The molecule has 3 fully saturated rings. The highest BCUT2D eigenvalue weighted by molar-refractivity contribution is 5.91. The molecule has 138 valence electrons. The van der Waals surface area contributed by atoms with Crippen LogP contribution < -0.4 is 5.32 Å². The number of likely N-dealkylation sites (tertiary alicyclic amines) is 1. The van der Waals surface area contributed by atoms with Gasteiger partial charge in [0.2, 0.25) is 5.91 Å². The first kappa shape index (κ1) is 18.7. The van der Waals surface area contributed by atoms with Crippen LogP contribution in [0.5, 0.6) is 0 Å². The molecule has 0 radical (unpaired) electrons. The Balaban J connectivity index is 0.00000182. The number of nitrogens with one attached hydrogen (secondary N) is 1. The Labute approximate surface area is 157 Å². The summed E-state index contributed by atoms with van der Waals surface area (Å²) < 4.78 is 0. The molecule has 1 unspecified atom stereocenters. The van der Waals surface area contributed by atoms with Gasteiger partial charge in [0.15, 0.2) is 0 Å². The zero-order valence-electron chi connectivity index (χ0n) is 15.4. The Morgan fingerprint density at radius 3 is 2.32 bits per heavy atom. The predicted octanol–water partition coefficient (Wildman–Crippen LogP) is 2.26. The van der Waals surface area contributed by atoms with Crippen LogP contribution >= 0.6 is 12.4 Å². The van der Waals surface area contributed by atoms with Crippen LogP contribution in [-0.2, 0) is 10.2 Å². The molecule has 0 spiro atoms. The summed E-state index contributed by atoms with van der Waals surface area (Å²) in [5, 5.41) is 3.42. The normalized spacial score (nSPS) is 25.5. The minimum atomic E-state index is -0.213. The lowest BCUT2D eigenvalue weighted by atomic mass is 9.91. The molecule has 1 aromatic rings. The van der Waals surface area contributed by atoms with E-state index in [2.05, 4.69) is 47.2 Å². The number of aryl methyl sites for hydroxylation is 2. The number of piperazine rings is 1. The molecule has 1 saturated carbocycles. The second kappa shape index (κ2) is 7.26. The van der Waals surface area contributed by atoms with Gasteiger partial charge in [-0.15, -0.1) is 12.4 Å². The molecule has 2 saturated heterocycles. The summed E-state index contributed by atoms with van der Waals surface area (Å²) in [6.45, 7) is 10.5. The third kappa shape index (κ3) is 3.57.